The van der Waals surface area contributed by atoms with E-state index in [4.69, 9.17) is 34.3 Å². The molecule has 264 valence electrons. The van der Waals surface area contributed by atoms with Crippen molar-refractivity contribution in [2.75, 3.05) is 52.2 Å². The summed E-state index contributed by atoms with van der Waals surface area (Å²) in [5.41, 5.74) is 8.64. The number of rotatable bonds is 16. The van der Waals surface area contributed by atoms with E-state index in [1.54, 1.807) is 50.2 Å². The number of halogens is 2. The molecule has 0 aliphatic carbocycles. The molecular weight excluding hydrogens is 685 g/mol. The van der Waals surface area contributed by atoms with Gasteiger partial charge in [-0.15, -0.1) is 23.2 Å². The van der Waals surface area contributed by atoms with E-state index in [-0.39, 0.29) is 47.6 Å². The van der Waals surface area contributed by atoms with Crippen LogP contribution in [0.2, 0.25) is 0 Å². The molecule has 4 rings (SSSR count). The van der Waals surface area contributed by atoms with Crippen LogP contribution in [0.5, 0.6) is 0 Å². The van der Waals surface area contributed by atoms with E-state index in [1.807, 2.05) is 24.3 Å². The predicted octanol–water partition coefficient (Wildman–Crippen LogP) is 3.59. The van der Waals surface area contributed by atoms with Crippen LogP contribution >= 0.6 is 23.2 Å². The second-order valence-electron chi connectivity index (χ2n) is 11.2. The molecule has 3 aromatic heterocycles. The number of hydrogen-bond donors (Lipinski definition) is 6. The molecule has 0 atom stereocenters. The van der Waals surface area contributed by atoms with E-state index in [9.17, 15) is 19.2 Å². The molecule has 0 spiro atoms. The van der Waals surface area contributed by atoms with Gasteiger partial charge in [-0.05, 0) is 35.9 Å². The Bertz CT molecular complexity index is 1890. The van der Waals surface area contributed by atoms with Gasteiger partial charge in [0.1, 0.15) is 17.1 Å². The Kier molecular flexibility index (Phi) is 12.8. The molecule has 0 aliphatic rings. The van der Waals surface area contributed by atoms with E-state index in [2.05, 4.69) is 31.3 Å². The summed E-state index contributed by atoms with van der Waals surface area (Å²) in [6.07, 6.45) is 6.50. The quantitative estimate of drug-likeness (QED) is 0.0439. The molecule has 0 saturated heterocycles. The maximum atomic E-state index is 13.1. The number of nitrogens with one attached hydrogen (secondary N) is 5. The summed E-state index contributed by atoms with van der Waals surface area (Å²) in [7, 11) is 4.88. The molecule has 3 heterocycles. The number of carbonyl (C=O) groups is 4. The predicted molar refractivity (Wildman–Crippen MR) is 197 cm³/mol. The van der Waals surface area contributed by atoms with Crippen LogP contribution in [0.25, 0.3) is 6.08 Å². The first-order valence-corrected chi connectivity index (χ1v) is 16.5. The molecule has 0 aliphatic heterocycles. The van der Waals surface area contributed by atoms with Gasteiger partial charge in [0.15, 0.2) is 5.82 Å². The van der Waals surface area contributed by atoms with Gasteiger partial charge in [-0.1, -0.05) is 12.1 Å². The summed E-state index contributed by atoms with van der Waals surface area (Å²) >= 11 is 11.8. The van der Waals surface area contributed by atoms with Crippen molar-refractivity contribution in [1.82, 2.24) is 24.2 Å². The first kappa shape index (κ1) is 37.3. The SMILES string of the molecule is Cn1cc(NC(=O)/C=C/c2ccc(N(CCCl)CCCl)cc2)cc1C(=O)Nc1cc(C(=O)Nc2cc(C(=O)NCCC(=N)N)n(C)n2)n(C)c1. The lowest BCUT2D eigenvalue weighted by atomic mass is 10.2. The highest BCUT2D eigenvalue weighted by atomic mass is 35.5. The zero-order valence-corrected chi connectivity index (χ0v) is 29.3. The molecule has 50 heavy (non-hydrogen) atoms. The summed E-state index contributed by atoms with van der Waals surface area (Å²) in [6, 6.07) is 12.2. The molecule has 1 aromatic carbocycles. The van der Waals surface area contributed by atoms with Crippen molar-refractivity contribution in [1.29, 1.82) is 5.41 Å². The van der Waals surface area contributed by atoms with Gasteiger partial charge in [-0.3, -0.25) is 29.3 Å². The third kappa shape index (κ3) is 9.99. The Morgan fingerprint density at radius 1 is 0.840 bits per heavy atom. The van der Waals surface area contributed by atoms with Crippen LogP contribution in [0, 0.1) is 5.41 Å². The molecular formula is C33H39Cl2N11O4. The number of aryl methyl sites for hydroxylation is 3. The Labute approximate surface area is 298 Å². The van der Waals surface area contributed by atoms with Crippen LogP contribution in [-0.4, -0.2) is 79.8 Å². The molecule has 0 fully saturated rings. The van der Waals surface area contributed by atoms with Crippen LogP contribution in [0.15, 0.2) is 60.9 Å². The fourth-order valence-electron chi connectivity index (χ4n) is 4.96. The fourth-order valence-corrected chi connectivity index (χ4v) is 5.37. The number of benzene rings is 1. The molecule has 17 heteroatoms. The first-order chi connectivity index (χ1) is 23.9. The summed E-state index contributed by atoms with van der Waals surface area (Å²) in [5.74, 6) is -0.690. The van der Waals surface area contributed by atoms with E-state index < -0.39 is 17.7 Å². The minimum Gasteiger partial charge on any atom is -0.388 e. The van der Waals surface area contributed by atoms with E-state index in [0.29, 0.717) is 36.2 Å². The molecule has 0 saturated carbocycles. The van der Waals surface area contributed by atoms with Gasteiger partial charge in [0.2, 0.25) is 5.91 Å². The maximum absolute atomic E-state index is 13.1. The van der Waals surface area contributed by atoms with Crippen molar-refractivity contribution < 1.29 is 19.2 Å². The normalized spacial score (nSPS) is 11.0. The van der Waals surface area contributed by atoms with Crippen molar-refractivity contribution in [2.24, 2.45) is 26.9 Å². The molecule has 4 amide bonds. The van der Waals surface area contributed by atoms with Crippen molar-refractivity contribution in [2.45, 2.75) is 6.42 Å². The van der Waals surface area contributed by atoms with Gasteiger partial charge in [0.25, 0.3) is 17.7 Å². The number of alkyl halides is 2. The van der Waals surface area contributed by atoms with E-state index in [1.165, 1.54) is 27.5 Å². The highest BCUT2D eigenvalue weighted by Gasteiger charge is 2.19. The average Bonchev–Trinajstić information content (AvgIpc) is 3.74. The molecule has 4 aromatic rings. The zero-order chi connectivity index (χ0) is 36.4. The fraction of sp³-hybridized carbons (Fsp3) is 0.273. The lowest BCUT2D eigenvalue weighted by Gasteiger charge is -2.22. The summed E-state index contributed by atoms with van der Waals surface area (Å²) in [5, 5.41) is 22.3. The average molecular weight is 725 g/mol. The molecule has 15 nitrogen and oxygen atoms in total. The van der Waals surface area contributed by atoms with Gasteiger partial charge >= 0.3 is 0 Å². The van der Waals surface area contributed by atoms with Gasteiger partial charge < -0.3 is 41.0 Å². The van der Waals surface area contributed by atoms with Crippen LogP contribution in [0.1, 0.15) is 43.4 Å². The molecule has 0 bridgehead atoms. The number of aromatic nitrogens is 4. The number of amides is 4. The van der Waals surface area contributed by atoms with E-state index >= 15 is 0 Å². The van der Waals surface area contributed by atoms with Gasteiger partial charge in [0.05, 0.1) is 17.2 Å². The van der Waals surface area contributed by atoms with Crippen molar-refractivity contribution in [3.63, 3.8) is 0 Å². The number of nitrogens with two attached hydrogens (primary N) is 1. The smallest absolute Gasteiger partial charge is 0.273 e. The van der Waals surface area contributed by atoms with Crippen LogP contribution in [-0.2, 0) is 25.9 Å². The Morgan fingerprint density at radius 2 is 1.42 bits per heavy atom. The van der Waals surface area contributed by atoms with Crippen molar-refractivity contribution in [3.8, 4) is 0 Å². The largest absolute Gasteiger partial charge is 0.388 e. The third-order valence-corrected chi connectivity index (χ3v) is 7.77. The molecule has 0 unspecified atom stereocenters. The third-order valence-electron chi connectivity index (χ3n) is 7.43. The van der Waals surface area contributed by atoms with Crippen LogP contribution in [0.4, 0.5) is 22.9 Å². The summed E-state index contributed by atoms with van der Waals surface area (Å²) in [4.78, 5) is 53.4. The summed E-state index contributed by atoms with van der Waals surface area (Å²) in [6.45, 7) is 1.54. The minimum atomic E-state index is -0.512. The van der Waals surface area contributed by atoms with Gasteiger partial charge in [-0.2, -0.15) is 5.10 Å². The molecule has 7 N–H and O–H groups in total. The Balaban J connectivity index is 1.33. The Hall–Kier alpha value is -5.54. The second-order valence-corrected chi connectivity index (χ2v) is 12.0. The highest BCUT2D eigenvalue weighted by Crippen LogP contribution is 2.20. The molecule has 0 radical (unpaired) electrons. The van der Waals surface area contributed by atoms with Crippen molar-refractivity contribution >= 4 is 81.6 Å². The van der Waals surface area contributed by atoms with Gasteiger partial charge in [0, 0.05) is 89.2 Å². The lowest BCUT2D eigenvalue weighted by molar-refractivity contribution is -0.111. The topological polar surface area (TPSA) is 197 Å². The second kappa shape index (κ2) is 17.2. The number of carbonyl (C=O) groups excluding carboxylic acids is 4. The first-order valence-electron chi connectivity index (χ1n) is 15.4. The number of hydrogen-bond acceptors (Lipinski definition) is 7. The van der Waals surface area contributed by atoms with Crippen molar-refractivity contribution in [3.05, 3.63) is 83.6 Å². The Morgan fingerprint density at radius 3 is 2.00 bits per heavy atom. The highest BCUT2D eigenvalue weighted by molar-refractivity contribution is 6.18. The van der Waals surface area contributed by atoms with Crippen LogP contribution in [0.3, 0.4) is 0 Å². The number of nitrogens with zero attached hydrogens (tertiary/aromatic N) is 5. The maximum Gasteiger partial charge on any atom is 0.273 e. The van der Waals surface area contributed by atoms with Gasteiger partial charge in [-0.25, -0.2) is 0 Å². The van der Waals surface area contributed by atoms with Crippen LogP contribution < -0.4 is 31.9 Å². The van der Waals surface area contributed by atoms with E-state index in [0.717, 1.165) is 11.3 Å². The lowest BCUT2D eigenvalue weighted by Crippen LogP contribution is -2.29. The number of anilines is 4. The summed E-state index contributed by atoms with van der Waals surface area (Å²) < 4.78 is 4.44. The number of amidine groups is 1. The minimum absolute atomic E-state index is 0.0452. The standard InChI is InChI=1S/C33H39Cl2N11O4/c1-43-19-22(39-30(47)9-6-21-4-7-24(8-5-21)46(14-11-34)15-12-35)16-25(43)32(49)40-23-17-26(44(2)20-23)33(50)41-29-18-27(45(3)42-29)31(48)38-13-10-28(36)37/h4-9,16-20H,10-15H2,1-3H3,(H3,36,37)(H,38,48)(H,39,47)(H,40,49)(H,41,42,50)/b9-6+. The monoisotopic (exact) mass is 723 g/mol. The zero-order valence-electron chi connectivity index (χ0n) is 27.8.